The second-order valence-electron chi connectivity index (χ2n) is 5.93. The number of nitrogens with zero attached hydrogens (tertiary/aromatic N) is 3. The van der Waals surface area contributed by atoms with Gasteiger partial charge in [0.2, 0.25) is 0 Å². The molecule has 1 saturated heterocycles. The van der Waals surface area contributed by atoms with Crippen molar-refractivity contribution >= 4 is 5.97 Å². The standard InChI is InChI=1S/C17H21N3O2/c1-13-16(17(21)22)8-5-9-19(13)11-14-10-18-20(12-14)15-6-3-2-4-7-15/h2-4,6-7,10,12-13,16H,5,8-9,11H2,1H3,(H,21,22)/t13-,16-/m1/s1. The molecule has 2 aromatic rings. The number of benzene rings is 1. The molecule has 1 aromatic carbocycles. The molecule has 2 heterocycles. The van der Waals surface area contributed by atoms with Crippen molar-refractivity contribution in [2.45, 2.75) is 32.4 Å². The van der Waals surface area contributed by atoms with Crippen LogP contribution < -0.4 is 0 Å². The smallest absolute Gasteiger partial charge is 0.308 e. The van der Waals surface area contributed by atoms with E-state index in [1.807, 2.05) is 54.3 Å². The van der Waals surface area contributed by atoms with Gasteiger partial charge in [-0.1, -0.05) is 18.2 Å². The minimum atomic E-state index is -0.683. The molecule has 1 aromatic heterocycles. The SMILES string of the molecule is C[C@@H]1[C@H](C(=O)O)CCCN1Cc1cnn(-c2ccccc2)c1. The summed E-state index contributed by atoms with van der Waals surface area (Å²) in [7, 11) is 0. The molecule has 1 aliphatic heterocycles. The molecular weight excluding hydrogens is 278 g/mol. The van der Waals surface area contributed by atoms with Crippen molar-refractivity contribution in [2.75, 3.05) is 6.54 Å². The first-order valence-electron chi connectivity index (χ1n) is 7.71. The highest BCUT2D eigenvalue weighted by molar-refractivity contribution is 5.70. The lowest BCUT2D eigenvalue weighted by atomic mass is 9.90. The number of carboxylic acids is 1. The largest absolute Gasteiger partial charge is 0.481 e. The third-order valence-corrected chi connectivity index (χ3v) is 4.48. The number of para-hydroxylation sites is 1. The average molecular weight is 299 g/mol. The van der Waals surface area contributed by atoms with Gasteiger partial charge in [0.05, 0.1) is 17.8 Å². The summed E-state index contributed by atoms with van der Waals surface area (Å²) in [4.78, 5) is 13.6. The number of hydrogen-bond acceptors (Lipinski definition) is 3. The van der Waals surface area contributed by atoms with Gasteiger partial charge in [0.25, 0.3) is 0 Å². The summed E-state index contributed by atoms with van der Waals surface area (Å²) in [5.74, 6) is -0.949. The lowest BCUT2D eigenvalue weighted by molar-refractivity contribution is -0.145. The molecule has 3 rings (SSSR count). The van der Waals surface area contributed by atoms with Gasteiger partial charge in [-0.05, 0) is 38.4 Å². The molecule has 0 unspecified atom stereocenters. The van der Waals surface area contributed by atoms with Crippen LogP contribution in [0.25, 0.3) is 5.69 Å². The van der Waals surface area contributed by atoms with Crippen molar-refractivity contribution in [1.29, 1.82) is 0 Å². The van der Waals surface area contributed by atoms with Gasteiger partial charge in [-0.25, -0.2) is 4.68 Å². The van der Waals surface area contributed by atoms with E-state index in [2.05, 4.69) is 10.00 Å². The second-order valence-corrected chi connectivity index (χ2v) is 5.93. The molecular formula is C17H21N3O2. The lowest BCUT2D eigenvalue weighted by Gasteiger charge is -2.37. The van der Waals surface area contributed by atoms with Crippen molar-refractivity contribution in [1.82, 2.24) is 14.7 Å². The van der Waals surface area contributed by atoms with Gasteiger partial charge in [-0.2, -0.15) is 5.10 Å². The summed E-state index contributed by atoms with van der Waals surface area (Å²) in [5, 5.41) is 13.7. The summed E-state index contributed by atoms with van der Waals surface area (Å²) in [5.41, 5.74) is 2.14. The summed E-state index contributed by atoms with van der Waals surface area (Å²) >= 11 is 0. The molecule has 0 aliphatic carbocycles. The highest BCUT2D eigenvalue weighted by Gasteiger charge is 2.32. The van der Waals surface area contributed by atoms with Crippen molar-refractivity contribution in [3.05, 3.63) is 48.3 Å². The molecule has 2 atom stereocenters. The molecule has 1 fully saturated rings. The van der Waals surface area contributed by atoms with Crippen LogP contribution in [-0.4, -0.2) is 38.3 Å². The molecule has 0 bridgehead atoms. The van der Waals surface area contributed by atoms with Gasteiger partial charge in [0.1, 0.15) is 0 Å². The van der Waals surface area contributed by atoms with Crippen LogP contribution in [0, 0.1) is 5.92 Å². The fourth-order valence-corrected chi connectivity index (χ4v) is 3.16. The van der Waals surface area contributed by atoms with Gasteiger partial charge in [0.15, 0.2) is 0 Å². The average Bonchev–Trinajstić information content (AvgIpc) is 2.98. The second kappa shape index (κ2) is 6.32. The fraction of sp³-hybridized carbons (Fsp3) is 0.412. The van der Waals surface area contributed by atoms with Crippen LogP contribution in [0.5, 0.6) is 0 Å². The Balaban J connectivity index is 1.71. The van der Waals surface area contributed by atoms with Gasteiger partial charge < -0.3 is 5.11 Å². The van der Waals surface area contributed by atoms with Crippen LogP contribution in [0.15, 0.2) is 42.7 Å². The number of aliphatic carboxylic acids is 1. The van der Waals surface area contributed by atoms with Gasteiger partial charge in [-0.3, -0.25) is 9.69 Å². The molecule has 0 saturated carbocycles. The Morgan fingerprint density at radius 2 is 2.14 bits per heavy atom. The Bertz CT molecular complexity index is 638. The zero-order valence-corrected chi connectivity index (χ0v) is 12.7. The molecule has 1 aliphatic rings. The molecule has 5 nitrogen and oxygen atoms in total. The van der Waals surface area contributed by atoms with Crippen molar-refractivity contribution < 1.29 is 9.90 Å². The predicted octanol–water partition coefficient (Wildman–Crippen LogP) is 2.56. The van der Waals surface area contributed by atoms with E-state index in [9.17, 15) is 9.90 Å². The van der Waals surface area contributed by atoms with Crippen molar-refractivity contribution in [3.63, 3.8) is 0 Å². The molecule has 0 radical (unpaired) electrons. The zero-order valence-electron chi connectivity index (χ0n) is 12.7. The Morgan fingerprint density at radius 3 is 2.86 bits per heavy atom. The number of rotatable bonds is 4. The Kier molecular flexibility index (Phi) is 4.24. The minimum Gasteiger partial charge on any atom is -0.481 e. The monoisotopic (exact) mass is 299 g/mol. The Hall–Kier alpha value is -2.14. The maximum atomic E-state index is 11.3. The van der Waals surface area contributed by atoms with E-state index < -0.39 is 5.97 Å². The quantitative estimate of drug-likeness (QED) is 0.942. The summed E-state index contributed by atoms with van der Waals surface area (Å²) in [6.45, 7) is 3.71. The minimum absolute atomic E-state index is 0.0614. The summed E-state index contributed by atoms with van der Waals surface area (Å²) in [6.07, 6.45) is 5.60. The van der Waals surface area contributed by atoms with Crippen LogP contribution >= 0.6 is 0 Å². The van der Waals surface area contributed by atoms with Crippen LogP contribution in [-0.2, 0) is 11.3 Å². The molecule has 116 valence electrons. The normalized spacial score (nSPS) is 22.6. The zero-order chi connectivity index (χ0) is 15.5. The number of piperidine rings is 1. The van der Waals surface area contributed by atoms with Crippen molar-refractivity contribution in [2.24, 2.45) is 5.92 Å². The van der Waals surface area contributed by atoms with E-state index in [1.165, 1.54) is 0 Å². The Morgan fingerprint density at radius 1 is 1.36 bits per heavy atom. The first-order chi connectivity index (χ1) is 10.6. The van der Waals surface area contributed by atoms with E-state index in [0.29, 0.717) is 0 Å². The fourth-order valence-electron chi connectivity index (χ4n) is 3.16. The Labute approximate surface area is 130 Å². The van der Waals surface area contributed by atoms with Gasteiger partial charge in [-0.15, -0.1) is 0 Å². The first kappa shape index (κ1) is 14.8. The third-order valence-electron chi connectivity index (χ3n) is 4.48. The van der Waals surface area contributed by atoms with E-state index in [-0.39, 0.29) is 12.0 Å². The third kappa shape index (κ3) is 3.04. The van der Waals surface area contributed by atoms with Crippen LogP contribution in [0.4, 0.5) is 0 Å². The maximum Gasteiger partial charge on any atom is 0.308 e. The van der Waals surface area contributed by atoms with E-state index in [1.54, 1.807) is 0 Å². The predicted molar refractivity (Wildman–Crippen MR) is 83.8 cm³/mol. The maximum absolute atomic E-state index is 11.3. The van der Waals surface area contributed by atoms with Crippen LogP contribution in [0.3, 0.4) is 0 Å². The highest BCUT2D eigenvalue weighted by Crippen LogP contribution is 2.25. The molecule has 0 spiro atoms. The summed E-state index contributed by atoms with van der Waals surface area (Å²) < 4.78 is 1.86. The molecule has 5 heteroatoms. The number of hydrogen-bond donors (Lipinski definition) is 1. The van der Waals surface area contributed by atoms with E-state index in [4.69, 9.17) is 0 Å². The van der Waals surface area contributed by atoms with Crippen LogP contribution in [0.2, 0.25) is 0 Å². The number of aromatic nitrogens is 2. The van der Waals surface area contributed by atoms with Gasteiger partial charge in [0, 0.05) is 24.3 Å². The number of carbonyl (C=O) groups is 1. The van der Waals surface area contributed by atoms with Crippen LogP contribution in [0.1, 0.15) is 25.3 Å². The topological polar surface area (TPSA) is 58.4 Å². The molecule has 0 amide bonds. The number of carboxylic acid groups (broad SMARTS) is 1. The first-order valence-corrected chi connectivity index (χ1v) is 7.71. The van der Waals surface area contributed by atoms with E-state index in [0.717, 1.165) is 37.2 Å². The van der Waals surface area contributed by atoms with Gasteiger partial charge >= 0.3 is 5.97 Å². The molecule has 22 heavy (non-hydrogen) atoms. The number of likely N-dealkylation sites (tertiary alicyclic amines) is 1. The summed E-state index contributed by atoms with van der Waals surface area (Å²) in [6, 6.07) is 10.0. The molecule has 1 N–H and O–H groups in total. The lowest BCUT2D eigenvalue weighted by Crippen LogP contribution is -2.45. The van der Waals surface area contributed by atoms with E-state index >= 15 is 0 Å². The van der Waals surface area contributed by atoms with Crippen molar-refractivity contribution in [3.8, 4) is 5.69 Å². The highest BCUT2D eigenvalue weighted by atomic mass is 16.4.